The topological polar surface area (TPSA) is 91.5 Å². The maximum absolute atomic E-state index is 12.7. The lowest BCUT2D eigenvalue weighted by Gasteiger charge is -2.20. The number of hydrazine groups is 1. The smallest absolute Gasteiger partial charge is 0.253 e. The zero-order valence-electron chi connectivity index (χ0n) is 15.6. The summed E-state index contributed by atoms with van der Waals surface area (Å²) in [6.07, 6.45) is 2.06. The van der Waals surface area contributed by atoms with E-state index < -0.39 is 6.04 Å². The first-order valence-corrected chi connectivity index (χ1v) is 10.3. The lowest BCUT2D eigenvalue weighted by molar-refractivity contribution is -0.117. The van der Waals surface area contributed by atoms with Gasteiger partial charge in [-0.25, -0.2) is 5.43 Å². The van der Waals surface area contributed by atoms with Crippen LogP contribution in [0.1, 0.15) is 37.0 Å². The zero-order chi connectivity index (χ0) is 19.4. The van der Waals surface area contributed by atoms with Gasteiger partial charge in [0.1, 0.15) is 6.04 Å². The third-order valence-electron chi connectivity index (χ3n) is 5.01. The van der Waals surface area contributed by atoms with Crippen molar-refractivity contribution in [2.45, 2.75) is 49.7 Å². The normalized spacial score (nSPS) is 27.7. The molecule has 0 spiro atoms. The van der Waals surface area contributed by atoms with Crippen molar-refractivity contribution in [3.05, 3.63) is 29.8 Å². The van der Waals surface area contributed by atoms with Gasteiger partial charge >= 0.3 is 0 Å². The second-order valence-corrected chi connectivity index (χ2v) is 8.42. The lowest BCUT2D eigenvalue weighted by atomic mass is 9.99. The van der Waals surface area contributed by atoms with E-state index in [-0.39, 0.29) is 28.8 Å². The molecule has 0 aliphatic carbocycles. The molecule has 0 bridgehead atoms. The Kier molecular flexibility index (Phi) is 6.86. The standard InChI is InChI=1S/C19H27BrN4O3/c1-11(2)16-15(20)17(24-23-16)19(26)22-14-8-4-3-7-13(14)18(25)21-10-12-6-5-9-27-12/h3-4,7-8,11-12,15-17,23-24H,5-6,9-10H2,1-2H3,(H,21,25)(H,22,26). The van der Waals surface area contributed by atoms with E-state index in [2.05, 4.69) is 51.3 Å². The maximum Gasteiger partial charge on any atom is 0.253 e. The lowest BCUT2D eigenvalue weighted by Crippen LogP contribution is -2.43. The quantitative estimate of drug-likeness (QED) is 0.508. The van der Waals surface area contributed by atoms with Gasteiger partial charge in [-0.05, 0) is 30.9 Å². The summed E-state index contributed by atoms with van der Waals surface area (Å²) in [5.74, 6) is -0.0307. The molecule has 2 aliphatic heterocycles. The summed E-state index contributed by atoms with van der Waals surface area (Å²) in [5, 5.41) is 5.79. The molecule has 1 aromatic rings. The van der Waals surface area contributed by atoms with Crippen LogP contribution in [0, 0.1) is 5.92 Å². The highest BCUT2D eigenvalue weighted by Gasteiger charge is 2.39. The van der Waals surface area contributed by atoms with Crippen LogP contribution in [-0.2, 0) is 9.53 Å². The SMILES string of the molecule is CC(C)C1NNC(C(=O)Nc2ccccc2C(=O)NCC2CCCO2)C1Br. The van der Waals surface area contributed by atoms with Crippen molar-refractivity contribution in [1.82, 2.24) is 16.2 Å². The van der Waals surface area contributed by atoms with Crippen LogP contribution >= 0.6 is 15.9 Å². The van der Waals surface area contributed by atoms with Gasteiger partial charge in [-0.15, -0.1) is 0 Å². The third kappa shape index (κ3) is 4.87. The number of benzene rings is 1. The van der Waals surface area contributed by atoms with E-state index in [1.807, 2.05) is 0 Å². The van der Waals surface area contributed by atoms with Crippen LogP contribution < -0.4 is 21.5 Å². The fourth-order valence-electron chi connectivity index (χ4n) is 3.40. The maximum atomic E-state index is 12.7. The summed E-state index contributed by atoms with van der Waals surface area (Å²) in [7, 11) is 0. The molecule has 4 N–H and O–H groups in total. The molecule has 0 aromatic heterocycles. The van der Waals surface area contributed by atoms with Gasteiger partial charge in [0.25, 0.3) is 5.91 Å². The number of nitrogens with one attached hydrogen (secondary N) is 4. The predicted molar refractivity (Wildman–Crippen MR) is 108 cm³/mol. The molecule has 2 heterocycles. The first-order chi connectivity index (χ1) is 13.0. The van der Waals surface area contributed by atoms with E-state index in [1.165, 1.54) is 0 Å². The Balaban J connectivity index is 1.63. The molecule has 4 unspecified atom stereocenters. The molecule has 2 amide bonds. The van der Waals surface area contributed by atoms with E-state index in [9.17, 15) is 9.59 Å². The van der Waals surface area contributed by atoms with Crippen molar-refractivity contribution in [3.63, 3.8) is 0 Å². The fraction of sp³-hybridized carbons (Fsp3) is 0.579. The number of para-hydroxylation sites is 1. The van der Waals surface area contributed by atoms with E-state index in [1.54, 1.807) is 24.3 Å². The Bertz CT molecular complexity index is 679. The molecule has 7 nitrogen and oxygen atoms in total. The van der Waals surface area contributed by atoms with Gasteiger partial charge in [-0.2, -0.15) is 0 Å². The largest absolute Gasteiger partial charge is 0.376 e. The molecular weight excluding hydrogens is 412 g/mol. The summed E-state index contributed by atoms with van der Waals surface area (Å²) in [6.45, 7) is 5.43. The third-order valence-corrected chi connectivity index (χ3v) is 6.11. The van der Waals surface area contributed by atoms with Gasteiger partial charge < -0.3 is 15.4 Å². The summed E-state index contributed by atoms with van der Waals surface area (Å²) >= 11 is 3.62. The molecule has 2 aliphatic rings. The number of carbonyl (C=O) groups excluding carboxylic acids is 2. The Morgan fingerprint density at radius 2 is 2.07 bits per heavy atom. The molecule has 0 saturated carbocycles. The minimum absolute atomic E-state index is 0.0435. The molecular formula is C19H27BrN4O3. The minimum Gasteiger partial charge on any atom is -0.376 e. The van der Waals surface area contributed by atoms with Crippen molar-refractivity contribution in [2.75, 3.05) is 18.5 Å². The van der Waals surface area contributed by atoms with Gasteiger partial charge in [-0.3, -0.25) is 15.0 Å². The van der Waals surface area contributed by atoms with Crippen molar-refractivity contribution < 1.29 is 14.3 Å². The number of rotatable bonds is 6. The highest BCUT2D eigenvalue weighted by molar-refractivity contribution is 9.09. The highest BCUT2D eigenvalue weighted by atomic mass is 79.9. The number of carbonyl (C=O) groups is 2. The van der Waals surface area contributed by atoms with Crippen molar-refractivity contribution >= 4 is 33.4 Å². The van der Waals surface area contributed by atoms with Gasteiger partial charge in [0.15, 0.2) is 0 Å². The van der Waals surface area contributed by atoms with Crippen LogP contribution in [0.15, 0.2) is 24.3 Å². The van der Waals surface area contributed by atoms with Crippen LogP contribution in [0.4, 0.5) is 5.69 Å². The molecule has 27 heavy (non-hydrogen) atoms. The Morgan fingerprint density at radius 3 is 2.74 bits per heavy atom. The number of anilines is 1. The van der Waals surface area contributed by atoms with Crippen LogP contribution in [0.5, 0.6) is 0 Å². The Labute approximate surface area is 168 Å². The summed E-state index contributed by atoms with van der Waals surface area (Å²) in [5.41, 5.74) is 7.15. The van der Waals surface area contributed by atoms with Gasteiger partial charge in [0.2, 0.25) is 5.91 Å². The van der Waals surface area contributed by atoms with E-state index in [0.29, 0.717) is 23.7 Å². The van der Waals surface area contributed by atoms with Crippen LogP contribution in [-0.4, -0.2) is 48.0 Å². The second-order valence-electron chi connectivity index (χ2n) is 7.36. The van der Waals surface area contributed by atoms with Gasteiger partial charge in [0.05, 0.1) is 22.2 Å². The minimum atomic E-state index is -0.430. The van der Waals surface area contributed by atoms with E-state index in [0.717, 1.165) is 19.4 Å². The van der Waals surface area contributed by atoms with Gasteiger partial charge in [-0.1, -0.05) is 41.9 Å². The van der Waals surface area contributed by atoms with Crippen molar-refractivity contribution in [1.29, 1.82) is 0 Å². The van der Waals surface area contributed by atoms with Crippen molar-refractivity contribution in [2.24, 2.45) is 5.92 Å². The Hall–Kier alpha value is -1.48. The first-order valence-electron chi connectivity index (χ1n) is 9.42. The molecule has 148 valence electrons. The summed E-state index contributed by atoms with van der Waals surface area (Å²) in [4.78, 5) is 25.3. The highest BCUT2D eigenvalue weighted by Crippen LogP contribution is 2.23. The molecule has 1 aromatic carbocycles. The van der Waals surface area contributed by atoms with Crippen LogP contribution in [0.2, 0.25) is 0 Å². The molecule has 3 rings (SSSR count). The number of hydrogen-bond acceptors (Lipinski definition) is 5. The predicted octanol–water partition coefficient (Wildman–Crippen LogP) is 1.80. The number of halogens is 1. The average Bonchev–Trinajstić information content (AvgIpc) is 3.29. The number of hydrogen-bond donors (Lipinski definition) is 4. The van der Waals surface area contributed by atoms with Gasteiger partial charge in [0, 0.05) is 19.2 Å². The molecule has 0 radical (unpaired) electrons. The van der Waals surface area contributed by atoms with E-state index in [4.69, 9.17) is 4.74 Å². The second kappa shape index (κ2) is 9.14. The van der Waals surface area contributed by atoms with E-state index >= 15 is 0 Å². The summed E-state index contributed by atoms with van der Waals surface area (Å²) < 4.78 is 5.54. The fourth-order valence-corrected chi connectivity index (χ4v) is 4.52. The molecule has 8 heteroatoms. The number of amides is 2. The Morgan fingerprint density at radius 1 is 1.30 bits per heavy atom. The molecule has 2 saturated heterocycles. The average molecular weight is 439 g/mol. The molecule has 4 atom stereocenters. The number of ether oxygens (including phenoxy) is 1. The molecule has 2 fully saturated rings. The number of alkyl halides is 1. The van der Waals surface area contributed by atoms with Crippen molar-refractivity contribution in [3.8, 4) is 0 Å². The first kappa shape index (κ1) is 20.3. The monoisotopic (exact) mass is 438 g/mol. The van der Waals surface area contributed by atoms with Crippen LogP contribution in [0.3, 0.4) is 0 Å². The zero-order valence-corrected chi connectivity index (χ0v) is 17.2. The van der Waals surface area contributed by atoms with Crippen LogP contribution in [0.25, 0.3) is 0 Å². The summed E-state index contributed by atoms with van der Waals surface area (Å²) in [6, 6.07) is 6.75.